The summed E-state index contributed by atoms with van der Waals surface area (Å²) in [6, 6.07) is 0. The highest BCUT2D eigenvalue weighted by atomic mass is 17.2. The maximum absolute atomic E-state index is 6.09. The van der Waals surface area contributed by atoms with Crippen LogP contribution in [0.5, 0.6) is 0 Å². The van der Waals surface area contributed by atoms with Gasteiger partial charge in [0.2, 0.25) is 0 Å². The van der Waals surface area contributed by atoms with Gasteiger partial charge in [0, 0.05) is 13.2 Å². The number of ether oxygens (including phenoxy) is 6. The molecule has 0 saturated carbocycles. The highest BCUT2D eigenvalue weighted by Crippen LogP contribution is 2.16. The summed E-state index contributed by atoms with van der Waals surface area (Å²) in [5, 5.41) is 0. The molecule has 31 heavy (non-hydrogen) atoms. The summed E-state index contributed by atoms with van der Waals surface area (Å²) in [7, 11) is 0. The predicted molar refractivity (Wildman–Crippen MR) is 120 cm³/mol. The van der Waals surface area contributed by atoms with Crippen molar-refractivity contribution in [2.24, 2.45) is 0 Å². The van der Waals surface area contributed by atoms with Gasteiger partial charge in [0.05, 0.1) is 64.1 Å². The van der Waals surface area contributed by atoms with Crippen molar-refractivity contribution in [3.63, 3.8) is 0 Å². The van der Waals surface area contributed by atoms with Crippen LogP contribution >= 0.6 is 0 Å². The van der Waals surface area contributed by atoms with Gasteiger partial charge in [-0.05, 0) is 53.9 Å². The van der Waals surface area contributed by atoms with Crippen LogP contribution in [0.2, 0.25) is 0 Å². The first-order chi connectivity index (χ1) is 15.0. The molecule has 0 bridgehead atoms. The highest BCUT2D eigenvalue weighted by Gasteiger charge is 2.20. The standard InChI is InChI=1S/C23H48O8/c1-7-22(28-14-13-26-20(4)5)19-23(29-12-10-24-8-2)18-21(6)27-15-17-31-30-16-11-25-9-3/h20-23H,7-19H2,1-6H3. The lowest BCUT2D eigenvalue weighted by Gasteiger charge is -2.26. The van der Waals surface area contributed by atoms with Crippen molar-refractivity contribution >= 4 is 0 Å². The normalized spacial score (nSPS) is 14.8. The third kappa shape index (κ3) is 21.3. The van der Waals surface area contributed by atoms with Crippen LogP contribution in [0.3, 0.4) is 0 Å². The zero-order chi connectivity index (χ0) is 23.2. The molecule has 0 aromatic rings. The van der Waals surface area contributed by atoms with Gasteiger partial charge >= 0.3 is 0 Å². The van der Waals surface area contributed by atoms with Gasteiger partial charge < -0.3 is 28.4 Å². The molecule has 8 heteroatoms. The molecule has 0 aliphatic carbocycles. The van der Waals surface area contributed by atoms with Crippen LogP contribution < -0.4 is 0 Å². The van der Waals surface area contributed by atoms with Crippen LogP contribution in [-0.2, 0) is 38.2 Å². The smallest absolute Gasteiger partial charge is 0.106 e. The Balaban J connectivity index is 4.24. The van der Waals surface area contributed by atoms with Gasteiger partial charge in [-0.25, -0.2) is 9.78 Å². The van der Waals surface area contributed by atoms with E-state index in [-0.39, 0.29) is 24.4 Å². The fourth-order valence-electron chi connectivity index (χ4n) is 2.87. The Bertz CT molecular complexity index is 356. The van der Waals surface area contributed by atoms with E-state index in [4.69, 9.17) is 38.2 Å². The molecule has 0 heterocycles. The Morgan fingerprint density at radius 2 is 1.03 bits per heavy atom. The molecule has 188 valence electrons. The van der Waals surface area contributed by atoms with Gasteiger partial charge in [-0.15, -0.1) is 0 Å². The van der Waals surface area contributed by atoms with E-state index in [9.17, 15) is 0 Å². The third-order valence-electron chi connectivity index (χ3n) is 4.42. The van der Waals surface area contributed by atoms with E-state index < -0.39 is 0 Å². The summed E-state index contributed by atoms with van der Waals surface area (Å²) in [5.41, 5.74) is 0. The van der Waals surface area contributed by atoms with Crippen molar-refractivity contribution in [1.82, 2.24) is 0 Å². The second-order valence-electron chi connectivity index (χ2n) is 7.50. The summed E-state index contributed by atoms with van der Waals surface area (Å²) in [6.07, 6.45) is 2.93. The van der Waals surface area contributed by atoms with E-state index in [1.807, 2.05) is 34.6 Å². The van der Waals surface area contributed by atoms with E-state index in [2.05, 4.69) is 6.92 Å². The summed E-state index contributed by atoms with van der Waals surface area (Å²) < 4.78 is 34.1. The summed E-state index contributed by atoms with van der Waals surface area (Å²) in [4.78, 5) is 10.1. The zero-order valence-electron chi connectivity index (χ0n) is 20.8. The lowest BCUT2D eigenvalue weighted by molar-refractivity contribution is -0.304. The lowest BCUT2D eigenvalue weighted by Crippen LogP contribution is -2.29. The quantitative estimate of drug-likeness (QED) is 0.124. The molecular formula is C23H48O8. The molecule has 0 spiro atoms. The van der Waals surface area contributed by atoms with Gasteiger partial charge in [0.15, 0.2) is 0 Å². The molecule has 0 aliphatic heterocycles. The fourth-order valence-corrected chi connectivity index (χ4v) is 2.87. The van der Waals surface area contributed by atoms with Gasteiger partial charge in [-0.1, -0.05) is 6.92 Å². The highest BCUT2D eigenvalue weighted by molar-refractivity contribution is 4.69. The lowest BCUT2D eigenvalue weighted by atomic mass is 10.0. The molecule has 0 aromatic heterocycles. The number of rotatable bonds is 24. The minimum Gasteiger partial charge on any atom is -0.379 e. The molecular weight excluding hydrogens is 404 g/mol. The van der Waals surface area contributed by atoms with Crippen LogP contribution in [0.15, 0.2) is 0 Å². The second kappa shape index (κ2) is 22.9. The summed E-state index contributed by atoms with van der Waals surface area (Å²) in [6.45, 7) is 17.7. The van der Waals surface area contributed by atoms with Crippen molar-refractivity contribution < 1.29 is 38.2 Å². The molecule has 0 fully saturated rings. The Morgan fingerprint density at radius 3 is 1.65 bits per heavy atom. The number of hydrogen-bond donors (Lipinski definition) is 0. The molecule has 0 aliphatic rings. The van der Waals surface area contributed by atoms with Crippen molar-refractivity contribution in [2.45, 2.75) is 85.2 Å². The fraction of sp³-hybridized carbons (Fsp3) is 1.00. The Kier molecular flexibility index (Phi) is 22.6. The molecule has 0 amide bonds. The average Bonchev–Trinajstić information content (AvgIpc) is 2.74. The first kappa shape index (κ1) is 30.7. The molecule has 3 unspecified atom stereocenters. The topological polar surface area (TPSA) is 73.8 Å². The molecule has 0 rings (SSSR count). The van der Waals surface area contributed by atoms with E-state index in [1.165, 1.54) is 0 Å². The first-order valence-corrected chi connectivity index (χ1v) is 11.9. The van der Waals surface area contributed by atoms with E-state index in [1.54, 1.807) is 0 Å². The van der Waals surface area contributed by atoms with Crippen molar-refractivity contribution in [1.29, 1.82) is 0 Å². The third-order valence-corrected chi connectivity index (χ3v) is 4.42. The molecule has 8 nitrogen and oxygen atoms in total. The molecule has 0 N–H and O–H groups in total. The Hall–Kier alpha value is -0.320. The first-order valence-electron chi connectivity index (χ1n) is 11.9. The van der Waals surface area contributed by atoms with E-state index in [0.29, 0.717) is 66.1 Å². The minimum atomic E-state index is 0.0332. The molecule has 0 aromatic carbocycles. The number of hydrogen-bond acceptors (Lipinski definition) is 8. The van der Waals surface area contributed by atoms with Gasteiger partial charge in [-0.3, -0.25) is 0 Å². The summed E-state index contributed by atoms with van der Waals surface area (Å²) >= 11 is 0. The van der Waals surface area contributed by atoms with Crippen molar-refractivity contribution in [3.8, 4) is 0 Å². The van der Waals surface area contributed by atoms with Gasteiger partial charge in [0.1, 0.15) is 13.2 Å². The SMILES string of the molecule is CCOCCOOCCOC(C)CC(CC(CC)OCCOC(C)C)OCCOCC. The monoisotopic (exact) mass is 452 g/mol. The molecule has 0 saturated heterocycles. The minimum absolute atomic E-state index is 0.0332. The van der Waals surface area contributed by atoms with Crippen LogP contribution in [0.1, 0.15) is 60.8 Å². The molecule has 0 radical (unpaired) electrons. The average molecular weight is 453 g/mol. The van der Waals surface area contributed by atoms with E-state index in [0.717, 1.165) is 19.3 Å². The van der Waals surface area contributed by atoms with Crippen LogP contribution in [0.4, 0.5) is 0 Å². The zero-order valence-corrected chi connectivity index (χ0v) is 20.8. The van der Waals surface area contributed by atoms with Crippen LogP contribution in [0.25, 0.3) is 0 Å². The van der Waals surface area contributed by atoms with Gasteiger partial charge in [-0.2, -0.15) is 0 Å². The second-order valence-corrected chi connectivity index (χ2v) is 7.50. The van der Waals surface area contributed by atoms with Crippen molar-refractivity contribution in [3.05, 3.63) is 0 Å². The maximum Gasteiger partial charge on any atom is 0.106 e. The predicted octanol–water partition coefficient (Wildman–Crippen LogP) is 3.80. The van der Waals surface area contributed by atoms with Crippen LogP contribution in [0, 0.1) is 0 Å². The molecule has 3 atom stereocenters. The van der Waals surface area contributed by atoms with E-state index >= 15 is 0 Å². The summed E-state index contributed by atoms with van der Waals surface area (Å²) in [5.74, 6) is 0. The Labute approximate surface area is 190 Å². The largest absolute Gasteiger partial charge is 0.379 e. The van der Waals surface area contributed by atoms with Crippen molar-refractivity contribution in [2.75, 3.05) is 66.1 Å². The Morgan fingerprint density at radius 1 is 0.516 bits per heavy atom. The maximum atomic E-state index is 6.09. The van der Waals surface area contributed by atoms with Crippen LogP contribution in [-0.4, -0.2) is 90.5 Å². The van der Waals surface area contributed by atoms with Gasteiger partial charge in [0.25, 0.3) is 0 Å².